The first-order valence-electron chi connectivity index (χ1n) is 10.9. The van der Waals surface area contributed by atoms with Crippen LogP contribution in [0.25, 0.3) is 22.0 Å². The summed E-state index contributed by atoms with van der Waals surface area (Å²) < 4.78 is 71.3. The van der Waals surface area contributed by atoms with E-state index in [1.165, 1.54) is 6.20 Å². The molecular formula is C24H28F3N3O2S. The van der Waals surface area contributed by atoms with Gasteiger partial charge < -0.3 is 4.57 Å². The molecule has 2 aromatic heterocycles. The van der Waals surface area contributed by atoms with Gasteiger partial charge in [-0.25, -0.2) is 8.42 Å². The van der Waals surface area contributed by atoms with E-state index in [0.717, 1.165) is 16.7 Å². The number of nitrogens with one attached hydrogen (secondary N) is 1. The SMILES string of the molecule is Cc1cc2c([C@H](NS(=O)(=O)C3CC3)C(F)(F)F)cn(CC(C)(C)C)c2cc1-c1ccncc1. The van der Waals surface area contributed by atoms with E-state index in [0.29, 0.717) is 30.3 Å². The molecule has 1 aliphatic rings. The number of hydrogen-bond acceptors (Lipinski definition) is 3. The lowest BCUT2D eigenvalue weighted by atomic mass is 9.96. The van der Waals surface area contributed by atoms with Gasteiger partial charge in [0.25, 0.3) is 0 Å². The molecule has 2 heterocycles. The molecule has 4 rings (SSSR count). The van der Waals surface area contributed by atoms with Crippen molar-refractivity contribution in [2.75, 3.05) is 0 Å². The molecule has 5 nitrogen and oxygen atoms in total. The molecule has 1 saturated carbocycles. The average molecular weight is 480 g/mol. The van der Waals surface area contributed by atoms with Crippen molar-refractivity contribution in [3.8, 4) is 11.1 Å². The Bertz CT molecular complexity index is 1270. The summed E-state index contributed by atoms with van der Waals surface area (Å²) in [5, 5.41) is -0.347. The first-order valence-corrected chi connectivity index (χ1v) is 12.4. The number of pyridine rings is 1. The van der Waals surface area contributed by atoms with Crippen LogP contribution in [0.3, 0.4) is 0 Å². The van der Waals surface area contributed by atoms with Crippen LogP contribution in [0.15, 0.2) is 42.9 Å². The largest absolute Gasteiger partial charge is 0.408 e. The van der Waals surface area contributed by atoms with Gasteiger partial charge >= 0.3 is 6.18 Å². The van der Waals surface area contributed by atoms with Crippen LogP contribution < -0.4 is 4.72 Å². The summed E-state index contributed by atoms with van der Waals surface area (Å²) in [6, 6.07) is 5.02. The number of fused-ring (bicyclic) bond motifs is 1. The molecule has 0 aliphatic heterocycles. The van der Waals surface area contributed by atoms with Crippen LogP contribution in [0.1, 0.15) is 50.8 Å². The van der Waals surface area contributed by atoms with Gasteiger partial charge in [-0.15, -0.1) is 0 Å². The first kappa shape index (κ1) is 23.8. The minimum Gasteiger partial charge on any atom is -0.347 e. The summed E-state index contributed by atoms with van der Waals surface area (Å²) in [4.78, 5) is 4.04. The standard InChI is InChI=1S/C24H28F3N3O2S/c1-15-11-19-20(22(24(25,26)27)29-33(31,32)17-5-6-17)13-30(14-23(2,3)4)21(19)12-18(15)16-7-9-28-10-8-16/h7-13,17,22,29H,5-6,14H2,1-4H3/t22-/m0/s1. The maximum Gasteiger partial charge on any atom is 0.408 e. The Hall–Kier alpha value is -2.39. The van der Waals surface area contributed by atoms with Gasteiger partial charge in [0, 0.05) is 41.6 Å². The van der Waals surface area contributed by atoms with E-state index in [9.17, 15) is 21.6 Å². The molecule has 0 amide bonds. The summed E-state index contributed by atoms with van der Waals surface area (Å²) in [5.41, 5.74) is 2.97. The van der Waals surface area contributed by atoms with Gasteiger partial charge in [0.2, 0.25) is 10.0 Å². The Balaban J connectivity index is 1.92. The molecule has 1 atom stereocenters. The van der Waals surface area contributed by atoms with Gasteiger partial charge in [-0.05, 0) is 66.1 Å². The lowest BCUT2D eigenvalue weighted by Crippen LogP contribution is -2.39. The molecular weight excluding hydrogens is 451 g/mol. The van der Waals surface area contributed by atoms with Crippen molar-refractivity contribution >= 4 is 20.9 Å². The van der Waals surface area contributed by atoms with Crippen molar-refractivity contribution in [3.63, 3.8) is 0 Å². The minimum atomic E-state index is -4.78. The molecule has 0 spiro atoms. The third-order valence-corrected chi connectivity index (χ3v) is 7.69. The van der Waals surface area contributed by atoms with Crippen LogP contribution in [0.5, 0.6) is 0 Å². The maximum absolute atomic E-state index is 14.2. The average Bonchev–Trinajstić information content (AvgIpc) is 3.50. The summed E-state index contributed by atoms with van der Waals surface area (Å²) in [7, 11) is -4.06. The lowest BCUT2D eigenvalue weighted by Gasteiger charge is -2.22. The highest BCUT2D eigenvalue weighted by atomic mass is 32.2. The molecule has 0 saturated heterocycles. The molecule has 178 valence electrons. The van der Waals surface area contributed by atoms with Crippen LogP contribution >= 0.6 is 0 Å². The molecule has 0 unspecified atom stereocenters. The van der Waals surface area contributed by atoms with Crippen LogP contribution in [0, 0.1) is 12.3 Å². The summed E-state index contributed by atoms with van der Waals surface area (Å²) in [6.07, 6.45) is 0.801. The van der Waals surface area contributed by atoms with Gasteiger partial charge in [0.05, 0.1) is 5.25 Å². The Labute approximate surface area is 192 Å². The monoisotopic (exact) mass is 479 g/mol. The van der Waals surface area contributed by atoms with E-state index >= 15 is 0 Å². The lowest BCUT2D eigenvalue weighted by molar-refractivity contribution is -0.152. The highest BCUT2D eigenvalue weighted by Crippen LogP contribution is 2.41. The smallest absolute Gasteiger partial charge is 0.347 e. The van der Waals surface area contributed by atoms with E-state index in [-0.39, 0.29) is 11.0 Å². The normalized spacial score (nSPS) is 16.3. The van der Waals surface area contributed by atoms with Gasteiger partial charge in [-0.3, -0.25) is 4.98 Å². The van der Waals surface area contributed by atoms with Crippen LogP contribution in [-0.2, 0) is 16.6 Å². The van der Waals surface area contributed by atoms with Crippen molar-refractivity contribution in [1.29, 1.82) is 0 Å². The number of halogens is 3. The van der Waals surface area contributed by atoms with Crippen LogP contribution in [-0.4, -0.2) is 29.4 Å². The van der Waals surface area contributed by atoms with Gasteiger partial charge in [-0.1, -0.05) is 20.8 Å². The zero-order valence-corrected chi connectivity index (χ0v) is 19.9. The predicted molar refractivity (Wildman–Crippen MR) is 123 cm³/mol. The highest BCUT2D eigenvalue weighted by molar-refractivity contribution is 7.90. The number of aromatic nitrogens is 2. The van der Waals surface area contributed by atoms with Crippen molar-refractivity contribution < 1.29 is 21.6 Å². The zero-order valence-electron chi connectivity index (χ0n) is 19.1. The van der Waals surface area contributed by atoms with Gasteiger partial charge in [0.15, 0.2) is 0 Å². The van der Waals surface area contributed by atoms with Crippen molar-refractivity contribution in [3.05, 3.63) is 54.0 Å². The fraction of sp³-hybridized carbons (Fsp3) is 0.458. The van der Waals surface area contributed by atoms with Gasteiger partial charge in [-0.2, -0.15) is 17.9 Å². The van der Waals surface area contributed by atoms with Crippen molar-refractivity contribution in [2.24, 2.45) is 5.41 Å². The molecule has 0 bridgehead atoms. The van der Waals surface area contributed by atoms with Crippen molar-refractivity contribution in [2.45, 2.75) is 64.5 Å². The topological polar surface area (TPSA) is 64.0 Å². The third kappa shape index (κ3) is 5.09. The summed E-state index contributed by atoms with van der Waals surface area (Å²) in [6.45, 7) is 8.34. The second kappa shape index (κ2) is 8.13. The number of benzene rings is 1. The molecule has 0 radical (unpaired) electrons. The maximum atomic E-state index is 14.2. The number of sulfonamides is 1. The molecule has 33 heavy (non-hydrogen) atoms. The number of nitrogens with zero attached hydrogens (tertiary/aromatic N) is 2. The minimum absolute atomic E-state index is 0.0737. The van der Waals surface area contributed by atoms with E-state index in [2.05, 4.69) is 4.98 Å². The Kier molecular flexibility index (Phi) is 5.85. The summed E-state index contributed by atoms with van der Waals surface area (Å²) >= 11 is 0. The fourth-order valence-electron chi connectivity index (χ4n) is 4.13. The number of alkyl halides is 3. The fourth-order valence-corrected chi connectivity index (χ4v) is 5.67. The second-order valence-corrected chi connectivity index (χ2v) is 12.0. The van der Waals surface area contributed by atoms with Crippen LogP contribution in [0.4, 0.5) is 13.2 Å². The Morgan fingerprint density at radius 3 is 2.33 bits per heavy atom. The van der Waals surface area contributed by atoms with E-state index in [1.54, 1.807) is 23.0 Å². The third-order valence-electron chi connectivity index (χ3n) is 5.78. The van der Waals surface area contributed by atoms with Crippen molar-refractivity contribution in [1.82, 2.24) is 14.3 Å². The number of aryl methyl sites for hydroxylation is 1. The van der Waals surface area contributed by atoms with Gasteiger partial charge in [0.1, 0.15) is 6.04 Å². The second-order valence-electron chi connectivity index (χ2n) is 10.0. The Morgan fingerprint density at radius 1 is 1.15 bits per heavy atom. The molecule has 1 N–H and O–H groups in total. The first-order chi connectivity index (χ1) is 15.3. The van der Waals surface area contributed by atoms with E-state index in [1.807, 2.05) is 50.6 Å². The molecule has 3 aromatic rings. The van der Waals surface area contributed by atoms with E-state index < -0.39 is 27.5 Å². The quantitative estimate of drug-likeness (QED) is 0.490. The molecule has 1 fully saturated rings. The molecule has 1 aliphatic carbocycles. The predicted octanol–water partition coefficient (Wildman–Crippen LogP) is 5.74. The zero-order chi connectivity index (χ0) is 24.2. The van der Waals surface area contributed by atoms with E-state index in [4.69, 9.17) is 0 Å². The van der Waals surface area contributed by atoms with Crippen LogP contribution in [0.2, 0.25) is 0 Å². The highest BCUT2D eigenvalue weighted by Gasteiger charge is 2.47. The number of hydrogen-bond donors (Lipinski definition) is 1. The molecule has 1 aromatic carbocycles. The Morgan fingerprint density at radius 2 is 1.79 bits per heavy atom. The molecule has 9 heteroatoms. The number of rotatable bonds is 6. The summed E-state index contributed by atoms with van der Waals surface area (Å²) in [5.74, 6) is 0.